The molecule has 0 aromatic rings. The summed E-state index contributed by atoms with van der Waals surface area (Å²) in [7, 11) is 2.62. The van der Waals surface area contributed by atoms with Gasteiger partial charge in [0, 0.05) is 20.3 Å². The van der Waals surface area contributed by atoms with Crippen molar-refractivity contribution in [3.63, 3.8) is 0 Å². The van der Waals surface area contributed by atoms with Gasteiger partial charge in [-0.05, 0) is 12.2 Å². The number of hydrogen-bond donors (Lipinski definition) is 1. The zero-order valence-electron chi connectivity index (χ0n) is 7.81. The SMILES string of the molecule is COC1(OC)C=CC(C(=O)O)=CC1=O. The fourth-order valence-corrected chi connectivity index (χ4v) is 1.13. The molecule has 1 aliphatic rings. The molecule has 0 heterocycles. The van der Waals surface area contributed by atoms with E-state index in [9.17, 15) is 9.59 Å². The van der Waals surface area contributed by atoms with Crippen LogP contribution < -0.4 is 0 Å². The van der Waals surface area contributed by atoms with E-state index < -0.39 is 17.5 Å². The van der Waals surface area contributed by atoms with E-state index in [0.717, 1.165) is 6.08 Å². The highest BCUT2D eigenvalue weighted by molar-refractivity contribution is 6.06. The number of methoxy groups -OCH3 is 2. The van der Waals surface area contributed by atoms with Gasteiger partial charge in [0.05, 0.1) is 5.57 Å². The summed E-state index contributed by atoms with van der Waals surface area (Å²) in [5, 5.41) is 8.62. The maximum Gasteiger partial charge on any atom is 0.335 e. The van der Waals surface area contributed by atoms with Gasteiger partial charge in [-0.1, -0.05) is 0 Å². The van der Waals surface area contributed by atoms with Crippen molar-refractivity contribution in [1.29, 1.82) is 0 Å². The van der Waals surface area contributed by atoms with Crippen molar-refractivity contribution in [3.8, 4) is 0 Å². The standard InChI is InChI=1S/C9H10O5/c1-13-9(14-2)4-3-6(8(11)12)5-7(9)10/h3-5H,1-2H3,(H,11,12). The third-order valence-corrected chi connectivity index (χ3v) is 1.97. The van der Waals surface area contributed by atoms with Gasteiger partial charge < -0.3 is 14.6 Å². The Morgan fingerprint density at radius 2 is 2.00 bits per heavy atom. The molecule has 1 N–H and O–H groups in total. The zero-order valence-corrected chi connectivity index (χ0v) is 7.81. The molecule has 76 valence electrons. The molecule has 5 nitrogen and oxygen atoms in total. The lowest BCUT2D eigenvalue weighted by molar-refractivity contribution is -0.181. The van der Waals surface area contributed by atoms with Gasteiger partial charge in [0.1, 0.15) is 0 Å². The molecule has 0 radical (unpaired) electrons. The van der Waals surface area contributed by atoms with Gasteiger partial charge in [-0.25, -0.2) is 4.79 Å². The van der Waals surface area contributed by atoms with E-state index in [2.05, 4.69) is 0 Å². The molecule has 14 heavy (non-hydrogen) atoms. The van der Waals surface area contributed by atoms with E-state index >= 15 is 0 Å². The summed E-state index contributed by atoms with van der Waals surface area (Å²) in [6.45, 7) is 0. The molecule has 0 amide bonds. The van der Waals surface area contributed by atoms with Gasteiger partial charge in [-0.15, -0.1) is 0 Å². The largest absolute Gasteiger partial charge is 0.478 e. The van der Waals surface area contributed by atoms with Crippen LogP contribution in [0.15, 0.2) is 23.8 Å². The molecule has 0 bridgehead atoms. The first kappa shape index (κ1) is 10.6. The number of hydrogen-bond acceptors (Lipinski definition) is 4. The molecule has 1 aliphatic carbocycles. The van der Waals surface area contributed by atoms with E-state index in [1.165, 1.54) is 26.4 Å². The van der Waals surface area contributed by atoms with Crippen LogP contribution in [0, 0.1) is 0 Å². The van der Waals surface area contributed by atoms with Crippen LogP contribution in [-0.2, 0) is 19.1 Å². The fraction of sp³-hybridized carbons (Fsp3) is 0.333. The average molecular weight is 198 g/mol. The second-order valence-corrected chi connectivity index (χ2v) is 2.68. The van der Waals surface area contributed by atoms with Crippen LogP contribution in [0.5, 0.6) is 0 Å². The van der Waals surface area contributed by atoms with E-state index in [-0.39, 0.29) is 5.57 Å². The van der Waals surface area contributed by atoms with Gasteiger partial charge in [0.25, 0.3) is 5.79 Å². The Kier molecular flexibility index (Phi) is 2.83. The summed E-state index contributed by atoms with van der Waals surface area (Å²) in [5.41, 5.74) is -0.0836. The normalized spacial score (nSPS) is 19.3. The molecule has 0 atom stereocenters. The molecule has 0 aromatic heterocycles. The highest BCUT2D eigenvalue weighted by Crippen LogP contribution is 2.21. The van der Waals surface area contributed by atoms with Gasteiger partial charge in [-0.3, -0.25) is 4.79 Å². The van der Waals surface area contributed by atoms with Crippen LogP contribution in [0.2, 0.25) is 0 Å². The van der Waals surface area contributed by atoms with E-state index in [1.54, 1.807) is 0 Å². The zero-order chi connectivity index (χ0) is 10.8. The summed E-state index contributed by atoms with van der Waals surface area (Å²) in [6.07, 6.45) is 3.53. The molecule has 0 aromatic carbocycles. The summed E-state index contributed by atoms with van der Waals surface area (Å²) < 4.78 is 9.74. The van der Waals surface area contributed by atoms with Crippen molar-refractivity contribution in [2.75, 3.05) is 14.2 Å². The van der Waals surface area contributed by atoms with Crippen molar-refractivity contribution in [2.24, 2.45) is 0 Å². The third kappa shape index (κ3) is 1.59. The number of rotatable bonds is 3. The maximum atomic E-state index is 11.5. The molecule has 0 saturated heterocycles. The number of ether oxygens (including phenoxy) is 2. The molecular formula is C9H10O5. The Balaban J connectivity index is 3.01. The first-order valence-corrected chi connectivity index (χ1v) is 3.84. The number of carboxylic acids is 1. The fourth-order valence-electron chi connectivity index (χ4n) is 1.13. The lowest BCUT2D eigenvalue weighted by Crippen LogP contribution is -2.41. The minimum Gasteiger partial charge on any atom is -0.478 e. The Morgan fingerprint density at radius 3 is 2.36 bits per heavy atom. The Bertz CT molecular complexity index is 322. The molecule has 0 fully saturated rings. The van der Waals surface area contributed by atoms with Crippen LogP contribution >= 0.6 is 0 Å². The predicted octanol–water partition coefficient (Wildman–Crippen LogP) is 0.125. The van der Waals surface area contributed by atoms with Crippen molar-refractivity contribution in [1.82, 2.24) is 0 Å². The van der Waals surface area contributed by atoms with Crippen LogP contribution in [0.3, 0.4) is 0 Å². The third-order valence-electron chi connectivity index (χ3n) is 1.97. The minimum absolute atomic E-state index is 0.0836. The topological polar surface area (TPSA) is 72.8 Å². The minimum atomic E-state index is -1.47. The van der Waals surface area contributed by atoms with E-state index in [0.29, 0.717) is 0 Å². The van der Waals surface area contributed by atoms with Crippen LogP contribution in [0.1, 0.15) is 0 Å². The first-order valence-electron chi connectivity index (χ1n) is 3.84. The average Bonchev–Trinajstić information content (AvgIpc) is 2.18. The van der Waals surface area contributed by atoms with Crippen LogP contribution in [0.25, 0.3) is 0 Å². The summed E-state index contributed by atoms with van der Waals surface area (Å²) in [6, 6.07) is 0. The second kappa shape index (κ2) is 3.73. The van der Waals surface area contributed by atoms with Crippen LogP contribution in [0.4, 0.5) is 0 Å². The monoisotopic (exact) mass is 198 g/mol. The lowest BCUT2D eigenvalue weighted by Gasteiger charge is -2.26. The number of aliphatic carboxylic acids is 1. The molecular weight excluding hydrogens is 188 g/mol. The van der Waals surface area contributed by atoms with E-state index in [4.69, 9.17) is 14.6 Å². The van der Waals surface area contributed by atoms with Gasteiger partial charge >= 0.3 is 5.97 Å². The van der Waals surface area contributed by atoms with Crippen molar-refractivity contribution in [2.45, 2.75) is 5.79 Å². The van der Waals surface area contributed by atoms with Crippen molar-refractivity contribution in [3.05, 3.63) is 23.8 Å². The Labute approximate surface area is 80.6 Å². The number of ketones is 1. The maximum absolute atomic E-state index is 11.5. The highest BCUT2D eigenvalue weighted by atomic mass is 16.7. The van der Waals surface area contributed by atoms with Crippen LogP contribution in [-0.4, -0.2) is 36.9 Å². The van der Waals surface area contributed by atoms with Gasteiger partial charge in [0.15, 0.2) is 0 Å². The Morgan fingerprint density at radius 1 is 1.43 bits per heavy atom. The molecule has 1 rings (SSSR count). The molecule has 0 unspecified atom stereocenters. The summed E-state index contributed by atoms with van der Waals surface area (Å²) in [5.74, 6) is -3.17. The molecule has 0 spiro atoms. The number of carboxylic acid groups (broad SMARTS) is 1. The van der Waals surface area contributed by atoms with Crippen molar-refractivity contribution < 1.29 is 24.2 Å². The predicted molar refractivity (Wildman–Crippen MR) is 46.6 cm³/mol. The quantitative estimate of drug-likeness (QED) is 0.652. The highest BCUT2D eigenvalue weighted by Gasteiger charge is 2.37. The summed E-state index contributed by atoms with van der Waals surface area (Å²) >= 11 is 0. The van der Waals surface area contributed by atoms with E-state index in [1.807, 2.05) is 0 Å². The van der Waals surface area contributed by atoms with Gasteiger partial charge in [0.2, 0.25) is 5.78 Å². The number of carbonyl (C=O) groups is 2. The molecule has 5 heteroatoms. The lowest BCUT2D eigenvalue weighted by atomic mass is 10.0. The van der Waals surface area contributed by atoms with Crippen molar-refractivity contribution >= 4 is 11.8 Å². The molecule has 0 saturated carbocycles. The molecule has 0 aliphatic heterocycles. The summed E-state index contributed by atoms with van der Waals surface area (Å²) in [4.78, 5) is 22.0. The first-order chi connectivity index (χ1) is 6.55. The Hall–Kier alpha value is -1.46. The second-order valence-electron chi connectivity index (χ2n) is 2.68. The number of carbonyl (C=O) groups excluding carboxylic acids is 1. The van der Waals surface area contributed by atoms with Gasteiger partial charge in [-0.2, -0.15) is 0 Å². The smallest absolute Gasteiger partial charge is 0.335 e.